The molecule has 0 amide bonds. The Morgan fingerprint density at radius 3 is 1.14 bits per heavy atom. The van der Waals surface area contributed by atoms with Crippen molar-refractivity contribution in [3.05, 3.63) is 0 Å². The van der Waals surface area contributed by atoms with Crippen LogP contribution in [0.5, 0.6) is 0 Å². The van der Waals surface area contributed by atoms with Crippen molar-refractivity contribution in [3.63, 3.8) is 0 Å². The van der Waals surface area contributed by atoms with Gasteiger partial charge in [-0.25, -0.2) is 0 Å². The van der Waals surface area contributed by atoms with Crippen molar-refractivity contribution >= 4 is 56.7 Å². The second-order valence-corrected chi connectivity index (χ2v) is 1.34. The van der Waals surface area contributed by atoms with E-state index in [9.17, 15) is 0 Å². The third-order valence-electron chi connectivity index (χ3n) is 0. The average molecular weight is 345 g/mol. The zero-order chi connectivity index (χ0) is 4.50. The van der Waals surface area contributed by atoms with Gasteiger partial charge in [-0.05, 0) is 0 Å². The topological polar surface area (TPSA) is 86.2 Å². The maximum atomic E-state index is 8.55. The van der Waals surface area contributed by atoms with Crippen molar-refractivity contribution in [3.8, 4) is 0 Å². The van der Waals surface area contributed by atoms with E-state index in [0.29, 0.717) is 0 Å². The summed E-state index contributed by atoms with van der Waals surface area (Å²) in [5.41, 5.74) is 0. The molecular weight excluding hydrogens is 345 g/mol. The Balaban J connectivity index is -0.0000000800. The SMILES string of the molecule is O=P([O-])([O-])[O-].[Ba+2].[Cd+2]. The van der Waals surface area contributed by atoms with Crippen molar-refractivity contribution < 1.29 is 46.5 Å². The molecule has 0 aromatic heterocycles. The Morgan fingerprint density at radius 1 is 1.14 bits per heavy atom. The molecule has 7 heavy (non-hydrogen) atoms. The van der Waals surface area contributed by atoms with Crippen LogP contribution in [-0.2, 0) is 31.9 Å². The fourth-order valence-electron chi connectivity index (χ4n) is 0. The van der Waals surface area contributed by atoms with Gasteiger partial charge in [0.15, 0.2) is 0 Å². The first-order valence-electron chi connectivity index (χ1n) is 0.730. The summed E-state index contributed by atoms with van der Waals surface area (Å²) >= 11 is 0. The largest absolute Gasteiger partial charge is 2.00 e. The number of rotatable bonds is 0. The van der Waals surface area contributed by atoms with Gasteiger partial charge >= 0.3 is 76.2 Å². The van der Waals surface area contributed by atoms with Gasteiger partial charge in [0.2, 0.25) is 0 Å². The maximum Gasteiger partial charge on any atom is 2.00 e. The molecule has 4 nitrogen and oxygen atoms in total. The molecule has 0 fully saturated rings. The van der Waals surface area contributed by atoms with Gasteiger partial charge in [0.25, 0.3) is 0 Å². The second kappa shape index (κ2) is 6.72. The quantitative estimate of drug-likeness (QED) is 0.342. The van der Waals surface area contributed by atoms with E-state index in [2.05, 4.69) is 0 Å². The Kier molecular flexibility index (Phi) is 15.6. The Morgan fingerprint density at radius 2 is 1.14 bits per heavy atom. The normalized spacial score (nSPS) is 8.43. The van der Waals surface area contributed by atoms with E-state index in [1.807, 2.05) is 0 Å². The zero-order valence-corrected chi connectivity index (χ0v) is 12.9. The first kappa shape index (κ1) is 16.3. The van der Waals surface area contributed by atoms with Gasteiger partial charge in [0, 0.05) is 0 Å². The predicted molar refractivity (Wildman–Crippen MR) is 13.4 cm³/mol. The van der Waals surface area contributed by atoms with Crippen LogP contribution in [0.4, 0.5) is 0 Å². The average Bonchev–Trinajstić information content (AvgIpc) is 0.722. The molecule has 0 saturated heterocycles. The smallest absolute Gasteiger partial charge is 0.822 e. The summed E-state index contributed by atoms with van der Waals surface area (Å²) < 4.78 is 8.55. The Bertz CT molecular complexity index is 57.8. The van der Waals surface area contributed by atoms with Crippen molar-refractivity contribution in [1.82, 2.24) is 0 Å². The molecule has 0 atom stereocenters. The van der Waals surface area contributed by atoms with E-state index in [1.165, 1.54) is 0 Å². The minimum atomic E-state index is -5.39. The second-order valence-electron chi connectivity index (χ2n) is 0.447. The van der Waals surface area contributed by atoms with Crippen LogP contribution >= 0.6 is 7.82 Å². The zero-order valence-electron chi connectivity index (χ0n) is 3.49. The van der Waals surface area contributed by atoms with Gasteiger partial charge in [-0.1, -0.05) is 0 Å². The summed E-state index contributed by atoms with van der Waals surface area (Å²) in [6.07, 6.45) is 0. The van der Waals surface area contributed by atoms with Crippen molar-refractivity contribution in [2.45, 2.75) is 0 Å². The number of phosphoric acid groups is 1. The monoisotopic (exact) mass is 347 g/mol. The van der Waals surface area contributed by atoms with E-state index >= 15 is 0 Å². The Hall–Kier alpha value is 2.60. The van der Waals surface area contributed by atoms with Crippen LogP contribution in [0.2, 0.25) is 0 Å². The van der Waals surface area contributed by atoms with Gasteiger partial charge in [-0.3, -0.25) is 0 Å². The minimum Gasteiger partial charge on any atom is -0.822 e. The molecule has 0 aliphatic heterocycles. The summed E-state index contributed by atoms with van der Waals surface area (Å²) in [4.78, 5) is 25.6. The predicted octanol–water partition coefficient (Wildman–Crippen LogP) is -3.21. The van der Waals surface area contributed by atoms with E-state index in [4.69, 9.17) is 19.2 Å². The molecule has 32 valence electrons. The first-order chi connectivity index (χ1) is 2.00. The molecule has 0 spiro atoms. The van der Waals surface area contributed by atoms with Crippen LogP contribution in [0, 0.1) is 0 Å². The van der Waals surface area contributed by atoms with Crippen LogP contribution < -0.4 is 14.7 Å². The molecule has 0 heterocycles. The fourth-order valence-corrected chi connectivity index (χ4v) is 0. The van der Waals surface area contributed by atoms with Gasteiger partial charge in [-0.2, -0.15) is 7.82 Å². The molecule has 0 saturated carbocycles. The number of hydrogen-bond donors (Lipinski definition) is 0. The van der Waals surface area contributed by atoms with E-state index in [0.717, 1.165) is 0 Å². The molecule has 0 radical (unpaired) electrons. The number of hydrogen-bond acceptors (Lipinski definition) is 4. The van der Waals surface area contributed by atoms with Crippen molar-refractivity contribution in [2.24, 2.45) is 0 Å². The molecule has 0 aromatic carbocycles. The summed E-state index contributed by atoms with van der Waals surface area (Å²) in [6.45, 7) is 0. The van der Waals surface area contributed by atoms with Gasteiger partial charge in [0.05, 0.1) is 0 Å². The molecule has 0 N–H and O–H groups in total. The van der Waals surface area contributed by atoms with E-state index in [-0.39, 0.29) is 76.2 Å². The van der Waals surface area contributed by atoms with Crippen molar-refractivity contribution in [2.75, 3.05) is 0 Å². The minimum absolute atomic E-state index is 0. The Labute approximate surface area is 101 Å². The van der Waals surface area contributed by atoms with Gasteiger partial charge in [-0.15, -0.1) is 0 Å². The van der Waals surface area contributed by atoms with E-state index < -0.39 is 7.82 Å². The fraction of sp³-hybridized carbons (Fsp3) is 0. The third-order valence-corrected chi connectivity index (χ3v) is 0. The van der Waals surface area contributed by atoms with Crippen LogP contribution in [0.3, 0.4) is 0 Å². The van der Waals surface area contributed by atoms with Crippen LogP contribution in [0.1, 0.15) is 0 Å². The van der Waals surface area contributed by atoms with Crippen molar-refractivity contribution in [1.29, 1.82) is 0 Å². The van der Waals surface area contributed by atoms with Gasteiger partial charge in [0.1, 0.15) is 0 Å². The summed E-state index contributed by atoms with van der Waals surface area (Å²) in [6, 6.07) is 0. The molecule has 0 bridgehead atoms. The maximum absolute atomic E-state index is 8.55. The van der Waals surface area contributed by atoms with Crippen LogP contribution in [0.25, 0.3) is 0 Å². The van der Waals surface area contributed by atoms with Gasteiger partial charge < -0.3 is 19.2 Å². The molecule has 0 aliphatic carbocycles. The summed E-state index contributed by atoms with van der Waals surface area (Å²) in [5.74, 6) is 0. The van der Waals surface area contributed by atoms with Crippen LogP contribution in [-0.4, -0.2) is 48.9 Å². The molecule has 0 aliphatic rings. The standard InChI is InChI=1S/Ba.Cd.H3O4P/c;;1-5(2,3)4/h;;(H3,1,2,3,4)/q2*+2;/p-3. The van der Waals surface area contributed by atoms with Crippen LogP contribution in [0.15, 0.2) is 0 Å². The summed E-state index contributed by atoms with van der Waals surface area (Å²) in [7, 11) is -5.39. The molecule has 0 rings (SSSR count). The summed E-state index contributed by atoms with van der Waals surface area (Å²) in [5, 5.41) is 0. The molecule has 0 unspecified atom stereocenters. The van der Waals surface area contributed by atoms with E-state index in [1.54, 1.807) is 0 Å². The molecular formula is BaCdO4P+. The molecule has 0 aromatic rings. The molecule has 7 heteroatoms. The first-order valence-corrected chi connectivity index (χ1v) is 2.19. The third kappa shape index (κ3) is 55.3.